The van der Waals surface area contributed by atoms with Crippen LogP contribution < -0.4 is 10.6 Å². The van der Waals surface area contributed by atoms with Gasteiger partial charge in [0.1, 0.15) is 17.5 Å². The van der Waals surface area contributed by atoms with E-state index in [1.807, 2.05) is 14.0 Å². The van der Waals surface area contributed by atoms with Gasteiger partial charge in [-0.05, 0) is 26.2 Å². The van der Waals surface area contributed by atoms with Crippen molar-refractivity contribution in [1.82, 2.24) is 9.97 Å². The average Bonchev–Trinajstić information content (AvgIpc) is 2.49. The molecule has 5 heteroatoms. The summed E-state index contributed by atoms with van der Waals surface area (Å²) in [6.07, 6.45) is 6.14. The molecule has 3 N–H and O–H groups in total. The van der Waals surface area contributed by atoms with Gasteiger partial charge < -0.3 is 15.7 Å². The number of aryl methyl sites for hydroxylation is 1. The first-order valence-electron chi connectivity index (χ1n) is 8.12. The predicted molar refractivity (Wildman–Crippen MR) is 86.8 cm³/mol. The number of aromatic nitrogens is 2. The molecule has 0 aromatic carbocycles. The molecule has 1 aliphatic carbocycles. The molecule has 0 spiro atoms. The monoisotopic (exact) mass is 292 g/mol. The lowest BCUT2D eigenvalue weighted by molar-refractivity contribution is 0.0763. The maximum absolute atomic E-state index is 10.1. The van der Waals surface area contributed by atoms with Crippen molar-refractivity contribution in [3.05, 3.63) is 11.4 Å². The Hall–Kier alpha value is -1.36. The third kappa shape index (κ3) is 4.06. The Kier molecular flexibility index (Phi) is 5.79. The van der Waals surface area contributed by atoms with Gasteiger partial charge in [0.15, 0.2) is 0 Å². The van der Waals surface area contributed by atoms with Crippen LogP contribution in [0.1, 0.15) is 50.4 Å². The van der Waals surface area contributed by atoms with Crippen molar-refractivity contribution in [3.8, 4) is 0 Å². The Morgan fingerprint density at radius 2 is 1.90 bits per heavy atom. The SMILES string of the molecule is CCCc1nc(NC)c(C)c(NCC2CCCCC2O)n1. The van der Waals surface area contributed by atoms with Gasteiger partial charge in [-0.15, -0.1) is 0 Å². The fourth-order valence-electron chi connectivity index (χ4n) is 2.97. The molecule has 0 amide bonds. The number of nitrogens with zero attached hydrogens (tertiary/aromatic N) is 2. The fourth-order valence-corrected chi connectivity index (χ4v) is 2.97. The highest BCUT2D eigenvalue weighted by molar-refractivity contribution is 5.57. The number of rotatable bonds is 6. The molecule has 2 rings (SSSR count). The van der Waals surface area contributed by atoms with E-state index in [2.05, 4.69) is 27.5 Å². The average molecular weight is 292 g/mol. The van der Waals surface area contributed by atoms with E-state index in [0.717, 1.165) is 61.7 Å². The molecule has 1 aromatic heterocycles. The highest BCUT2D eigenvalue weighted by atomic mass is 16.3. The summed E-state index contributed by atoms with van der Waals surface area (Å²) in [5.74, 6) is 3.00. The molecule has 0 radical (unpaired) electrons. The van der Waals surface area contributed by atoms with E-state index in [9.17, 15) is 5.11 Å². The van der Waals surface area contributed by atoms with Crippen LogP contribution in [-0.4, -0.2) is 34.8 Å². The van der Waals surface area contributed by atoms with E-state index < -0.39 is 0 Å². The second kappa shape index (κ2) is 7.59. The van der Waals surface area contributed by atoms with Crippen molar-refractivity contribution in [2.75, 3.05) is 24.2 Å². The van der Waals surface area contributed by atoms with Crippen molar-refractivity contribution in [2.45, 2.75) is 58.5 Å². The summed E-state index contributed by atoms with van der Waals surface area (Å²) >= 11 is 0. The number of aliphatic hydroxyl groups excluding tert-OH is 1. The van der Waals surface area contributed by atoms with Crippen LogP contribution in [0.4, 0.5) is 11.6 Å². The number of anilines is 2. The topological polar surface area (TPSA) is 70.1 Å². The van der Waals surface area contributed by atoms with Crippen molar-refractivity contribution >= 4 is 11.6 Å². The summed E-state index contributed by atoms with van der Waals surface area (Å²) in [7, 11) is 1.89. The molecule has 118 valence electrons. The van der Waals surface area contributed by atoms with E-state index in [0.29, 0.717) is 5.92 Å². The molecular weight excluding hydrogens is 264 g/mol. The van der Waals surface area contributed by atoms with Gasteiger partial charge in [-0.1, -0.05) is 19.8 Å². The molecule has 0 aliphatic heterocycles. The molecule has 1 fully saturated rings. The van der Waals surface area contributed by atoms with Gasteiger partial charge >= 0.3 is 0 Å². The highest BCUT2D eigenvalue weighted by Crippen LogP contribution is 2.26. The predicted octanol–water partition coefficient (Wildman–Crippen LogP) is 2.74. The molecule has 5 nitrogen and oxygen atoms in total. The largest absolute Gasteiger partial charge is 0.393 e. The lowest BCUT2D eigenvalue weighted by Gasteiger charge is -2.28. The first-order chi connectivity index (χ1) is 10.2. The molecule has 2 unspecified atom stereocenters. The second-order valence-corrected chi connectivity index (χ2v) is 5.95. The third-order valence-electron chi connectivity index (χ3n) is 4.30. The van der Waals surface area contributed by atoms with Crippen LogP contribution in [0.25, 0.3) is 0 Å². The smallest absolute Gasteiger partial charge is 0.134 e. The van der Waals surface area contributed by atoms with Gasteiger partial charge in [0.2, 0.25) is 0 Å². The lowest BCUT2D eigenvalue weighted by atomic mass is 9.86. The molecule has 2 atom stereocenters. The van der Waals surface area contributed by atoms with E-state index in [1.54, 1.807) is 0 Å². The molecule has 0 saturated heterocycles. The number of hydrogen-bond acceptors (Lipinski definition) is 5. The summed E-state index contributed by atoms with van der Waals surface area (Å²) in [4.78, 5) is 9.18. The normalized spacial score (nSPS) is 22.1. The first-order valence-corrected chi connectivity index (χ1v) is 8.12. The Morgan fingerprint density at radius 3 is 2.57 bits per heavy atom. The zero-order valence-corrected chi connectivity index (χ0v) is 13.4. The summed E-state index contributed by atoms with van der Waals surface area (Å²) in [5, 5.41) is 16.6. The van der Waals surface area contributed by atoms with E-state index >= 15 is 0 Å². The van der Waals surface area contributed by atoms with Crippen LogP contribution in [-0.2, 0) is 6.42 Å². The summed E-state index contributed by atoms with van der Waals surface area (Å²) in [6, 6.07) is 0. The minimum absolute atomic E-state index is 0.174. The van der Waals surface area contributed by atoms with Gasteiger partial charge in [-0.25, -0.2) is 9.97 Å². The van der Waals surface area contributed by atoms with Gasteiger partial charge in [-0.3, -0.25) is 0 Å². The molecular formula is C16H28N4O. The van der Waals surface area contributed by atoms with Crippen molar-refractivity contribution in [3.63, 3.8) is 0 Å². The van der Waals surface area contributed by atoms with Crippen LogP contribution in [0.3, 0.4) is 0 Å². The van der Waals surface area contributed by atoms with E-state index in [-0.39, 0.29) is 6.10 Å². The van der Waals surface area contributed by atoms with Gasteiger partial charge in [0.05, 0.1) is 6.10 Å². The lowest BCUT2D eigenvalue weighted by Crippen LogP contribution is -2.30. The van der Waals surface area contributed by atoms with Gasteiger partial charge in [0.25, 0.3) is 0 Å². The number of aliphatic hydroxyl groups is 1. The van der Waals surface area contributed by atoms with Crippen LogP contribution >= 0.6 is 0 Å². The van der Waals surface area contributed by atoms with Crippen LogP contribution in [0.15, 0.2) is 0 Å². The Morgan fingerprint density at radius 1 is 1.19 bits per heavy atom. The summed E-state index contributed by atoms with van der Waals surface area (Å²) < 4.78 is 0. The summed E-state index contributed by atoms with van der Waals surface area (Å²) in [5.41, 5.74) is 1.04. The first kappa shape index (κ1) is 16.0. The van der Waals surface area contributed by atoms with Gasteiger partial charge in [-0.2, -0.15) is 0 Å². The Balaban J connectivity index is 2.08. The summed E-state index contributed by atoms with van der Waals surface area (Å²) in [6.45, 7) is 4.95. The third-order valence-corrected chi connectivity index (χ3v) is 4.30. The number of nitrogens with one attached hydrogen (secondary N) is 2. The van der Waals surface area contributed by atoms with Crippen molar-refractivity contribution in [1.29, 1.82) is 0 Å². The minimum Gasteiger partial charge on any atom is -0.393 e. The molecule has 0 bridgehead atoms. The molecule has 21 heavy (non-hydrogen) atoms. The molecule has 1 aliphatic rings. The Labute approximate surface area is 127 Å². The van der Waals surface area contributed by atoms with Gasteiger partial charge in [0, 0.05) is 31.5 Å². The highest BCUT2D eigenvalue weighted by Gasteiger charge is 2.23. The van der Waals surface area contributed by atoms with Crippen LogP contribution in [0.5, 0.6) is 0 Å². The minimum atomic E-state index is -0.174. The fraction of sp³-hybridized carbons (Fsp3) is 0.750. The van der Waals surface area contributed by atoms with Crippen LogP contribution in [0.2, 0.25) is 0 Å². The standard InChI is InChI=1S/C16H28N4O/c1-4-7-14-19-15(17-3)11(2)16(20-14)18-10-12-8-5-6-9-13(12)21/h12-13,21H,4-10H2,1-3H3,(H2,17,18,19,20). The molecule has 1 aromatic rings. The van der Waals surface area contributed by atoms with E-state index in [4.69, 9.17) is 0 Å². The zero-order chi connectivity index (χ0) is 15.2. The maximum Gasteiger partial charge on any atom is 0.134 e. The molecule has 1 saturated carbocycles. The van der Waals surface area contributed by atoms with Crippen LogP contribution in [0, 0.1) is 12.8 Å². The van der Waals surface area contributed by atoms with Crippen molar-refractivity contribution < 1.29 is 5.11 Å². The quantitative estimate of drug-likeness (QED) is 0.752. The maximum atomic E-state index is 10.1. The number of hydrogen-bond donors (Lipinski definition) is 3. The van der Waals surface area contributed by atoms with Crippen molar-refractivity contribution in [2.24, 2.45) is 5.92 Å². The zero-order valence-electron chi connectivity index (χ0n) is 13.4. The van der Waals surface area contributed by atoms with E-state index in [1.165, 1.54) is 6.42 Å². The molecule has 1 heterocycles. The second-order valence-electron chi connectivity index (χ2n) is 5.95. The Bertz CT molecular complexity index is 464.